The van der Waals surface area contributed by atoms with Crippen LogP contribution < -0.4 is 5.32 Å². The maximum atomic E-state index is 3.46. The predicted octanol–water partition coefficient (Wildman–Crippen LogP) is 2.80. The molecule has 3 rings (SSSR count). The summed E-state index contributed by atoms with van der Waals surface area (Å²) in [7, 11) is 0. The van der Waals surface area contributed by atoms with E-state index in [2.05, 4.69) is 29.3 Å². The highest BCUT2D eigenvalue weighted by Gasteiger charge is 2.34. The monoisotopic (exact) mass is 250 g/mol. The average molecular weight is 250 g/mol. The molecular weight excluding hydrogens is 228 g/mol. The summed E-state index contributed by atoms with van der Waals surface area (Å²) in [6.45, 7) is 6.99. The third kappa shape index (κ3) is 2.42. The maximum absolute atomic E-state index is 3.46. The van der Waals surface area contributed by atoms with Crippen LogP contribution in [0, 0.1) is 12.8 Å². The van der Waals surface area contributed by atoms with Gasteiger partial charge in [0.05, 0.1) is 0 Å². The fourth-order valence-electron chi connectivity index (χ4n) is 3.04. The Kier molecular flexibility index (Phi) is 3.50. The van der Waals surface area contributed by atoms with Crippen molar-refractivity contribution < 1.29 is 0 Å². The smallest absolute Gasteiger partial charge is 0.0470 e. The first-order chi connectivity index (χ1) is 8.34. The number of hydrogen-bond donors (Lipinski definition) is 1. The molecule has 0 aromatic carbocycles. The van der Waals surface area contributed by atoms with Crippen LogP contribution in [0.3, 0.4) is 0 Å². The van der Waals surface area contributed by atoms with E-state index in [1.165, 1.54) is 37.2 Å². The van der Waals surface area contributed by atoms with Crippen molar-refractivity contribution in [3.8, 4) is 0 Å². The fourth-order valence-corrected chi connectivity index (χ4v) is 4.14. The van der Waals surface area contributed by atoms with Crippen molar-refractivity contribution in [3.05, 3.63) is 21.9 Å². The van der Waals surface area contributed by atoms with E-state index in [4.69, 9.17) is 0 Å². The minimum atomic E-state index is 0.713. The highest BCUT2D eigenvalue weighted by molar-refractivity contribution is 7.12. The summed E-state index contributed by atoms with van der Waals surface area (Å²) in [5.74, 6) is 0.922. The van der Waals surface area contributed by atoms with Gasteiger partial charge in [0.15, 0.2) is 0 Å². The molecule has 1 aromatic heterocycles. The molecule has 0 radical (unpaired) electrons. The lowest BCUT2D eigenvalue weighted by Crippen LogP contribution is -2.47. The number of piperazine rings is 1. The summed E-state index contributed by atoms with van der Waals surface area (Å²) in [6.07, 6.45) is 4.31. The highest BCUT2D eigenvalue weighted by atomic mass is 32.1. The van der Waals surface area contributed by atoms with E-state index in [9.17, 15) is 0 Å². The van der Waals surface area contributed by atoms with Gasteiger partial charge in [-0.2, -0.15) is 0 Å². The molecule has 94 valence electrons. The van der Waals surface area contributed by atoms with Gasteiger partial charge in [-0.1, -0.05) is 6.42 Å². The minimum Gasteiger partial charge on any atom is -0.314 e. The minimum absolute atomic E-state index is 0.713. The van der Waals surface area contributed by atoms with Crippen molar-refractivity contribution in [1.29, 1.82) is 0 Å². The lowest BCUT2D eigenvalue weighted by molar-refractivity contribution is 0.0861. The van der Waals surface area contributed by atoms with Crippen LogP contribution in [0.4, 0.5) is 0 Å². The molecule has 2 aliphatic rings. The van der Waals surface area contributed by atoms with Crippen LogP contribution in [0.1, 0.15) is 35.1 Å². The van der Waals surface area contributed by atoms with Gasteiger partial charge in [-0.05, 0) is 37.8 Å². The number of nitrogens with zero attached hydrogens (tertiary/aromatic N) is 1. The van der Waals surface area contributed by atoms with Gasteiger partial charge >= 0.3 is 0 Å². The third-order valence-electron chi connectivity index (χ3n) is 4.19. The molecule has 17 heavy (non-hydrogen) atoms. The topological polar surface area (TPSA) is 15.3 Å². The zero-order valence-electron chi connectivity index (χ0n) is 10.6. The second-order valence-electron chi connectivity index (χ2n) is 5.37. The van der Waals surface area contributed by atoms with Crippen LogP contribution in [-0.4, -0.2) is 31.1 Å². The SMILES string of the molecule is Cc1ccc([C@H](C2CCC2)N2CCNCC2)s1. The Morgan fingerprint density at radius 1 is 1.29 bits per heavy atom. The van der Waals surface area contributed by atoms with Crippen LogP contribution in [-0.2, 0) is 0 Å². The Morgan fingerprint density at radius 3 is 2.59 bits per heavy atom. The van der Waals surface area contributed by atoms with Crippen LogP contribution in [0.5, 0.6) is 0 Å². The molecule has 1 saturated carbocycles. The number of hydrogen-bond acceptors (Lipinski definition) is 3. The summed E-state index contributed by atoms with van der Waals surface area (Å²) in [5, 5.41) is 3.46. The number of nitrogens with one attached hydrogen (secondary N) is 1. The summed E-state index contributed by atoms with van der Waals surface area (Å²) in [4.78, 5) is 5.78. The average Bonchev–Trinajstić information content (AvgIpc) is 2.71. The zero-order chi connectivity index (χ0) is 11.7. The van der Waals surface area contributed by atoms with E-state index in [1.807, 2.05) is 11.3 Å². The van der Waals surface area contributed by atoms with E-state index in [0.29, 0.717) is 6.04 Å². The van der Waals surface area contributed by atoms with Gasteiger partial charge in [0.2, 0.25) is 0 Å². The van der Waals surface area contributed by atoms with Crippen molar-refractivity contribution >= 4 is 11.3 Å². The molecule has 1 N–H and O–H groups in total. The van der Waals surface area contributed by atoms with Crippen molar-refractivity contribution in [2.24, 2.45) is 5.92 Å². The van der Waals surface area contributed by atoms with E-state index < -0.39 is 0 Å². The van der Waals surface area contributed by atoms with Crippen molar-refractivity contribution in [2.45, 2.75) is 32.2 Å². The first-order valence-corrected chi connectivity index (χ1v) is 7.67. The molecule has 1 aliphatic carbocycles. The molecule has 1 aromatic rings. The standard InChI is InChI=1S/C14H22N2S/c1-11-5-6-13(17-11)14(12-3-2-4-12)16-9-7-15-8-10-16/h5-6,12,14-15H,2-4,7-10H2,1H3/t14-/m0/s1. The van der Waals surface area contributed by atoms with Gasteiger partial charge in [0.25, 0.3) is 0 Å². The molecule has 0 amide bonds. The Hall–Kier alpha value is -0.380. The molecule has 1 atom stereocenters. The van der Waals surface area contributed by atoms with Crippen LogP contribution in [0.15, 0.2) is 12.1 Å². The quantitative estimate of drug-likeness (QED) is 0.887. The largest absolute Gasteiger partial charge is 0.314 e. The van der Waals surface area contributed by atoms with Gasteiger partial charge in [0, 0.05) is 42.0 Å². The number of aryl methyl sites for hydroxylation is 1. The van der Waals surface area contributed by atoms with Crippen molar-refractivity contribution in [2.75, 3.05) is 26.2 Å². The highest BCUT2D eigenvalue weighted by Crippen LogP contribution is 2.43. The Bertz CT molecular complexity index is 364. The predicted molar refractivity (Wildman–Crippen MR) is 73.6 cm³/mol. The van der Waals surface area contributed by atoms with Crippen molar-refractivity contribution in [1.82, 2.24) is 10.2 Å². The maximum Gasteiger partial charge on any atom is 0.0470 e. The normalized spacial score (nSPS) is 24.5. The second kappa shape index (κ2) is 5.09. The molecule has 0 unspecified atom stereocenters. The summed E-state index contributed by atoms with van der Waals surface area (Å²) in [6, 6.07) is 5.36. The Labute approximate surface area is 108 Å². The lowest BCUT2D eigenvalue weighted by Gasteiger charge is -2.42. The second-order valence-corrected chi connectivity index (χ2v) is 6.69. The molecule has 2 fully saturated rings. The van der Waals surface area contributed by atoms with Crippen molar-refractivity contribution in [3.63, 3.8) is 0 Å². The zero-order valence-corrected chi connectivity index (χ0v) is 11.4. The summed E-state index contributed by atoms with van der Waals surface area (Å²) in [5.41, 5.74) is 0. The van der Waals surface area contributed by atoms with E-state index in [1.54, 1.807) is 4.88 Å². The summed E-state index contributed by atoms with van der Waals surface area (Å²) >= 11 is 2.01. The van der Waals surface area contributed by atoms with Gasteiger partial charge in [-0.25, -0.2) is 0 Å². The summed E-state index contributed by atoms with van der Waals surface area (Å²) < 4.78 is 0. The van der Waals surface area contributed by atoms with E-state index in [-0.39, 0.29) is 0 Å². The molecule has 0 spiro atoms. The first kappa shape index (κ1) is 11.7. The first-order valence-electron chi connectivity index (χ1n) is 6.86. The van der Waals surface area contributed by atoms with Gasteiger partial charge in [-0.15, -0.1) is 11.3 Å². The molecule has 1 saturated heterocycles. The number of rotatable bonds is 3. The number of thiophene rings is 1. The van der Waals surface area contributed by atoms with Crippen LogP contribution >= 0.6 is 11.3 Å². The van der Waals surface area contributed by atoms with E-state index in [0.717, 1.165) is 19.0 Å². The Balaban J connectivity index is 1.80. The Morgan fingerprint density at radius 2 is 2.06 bits per heavy atom. The molecular formula is C14H22N2S. The third-order valence-corrected chi connectivity index (χ3v) is 5.27. The molecule has 0 bridgehead atoms. The molecule has 2 heterocycles. The van der Waals surface area contributed by atoms with Gasteiger partial charge in [0.1, 0.15) is 0 Å². The van der Waals surface area contributed by atoms with Gasteiger partial charge in [-0.3, -0.25) is 4.90 Å². The molecule has 2 nitrogen and oxygen atoms in total. The molecule has 1 aliphatic heterocycles. The van der Waals surface area contributed by atoms with E-state index >= 15 is 0 Å². The lowest BCUT2D eigenvalue weighted by atomic mass is 9.78. The van der Waals surface area contributed by atoms with Crippen LogP contribution in [0.25, 0.3) is 0 Å². The fraction of sp³-hybridized carbons (Fsp3) is 0.714. The van der Waals surface area contributed by atoms with Crippen LogP contribution in [0.2, 0.25) is 0 Å². The molecule has 3 heteroatoms. The van der Waals surface area contributed by atoms with Gasteiger partial charge < -0.3 is 5.32 Å².